The topological polar surface area (TPSA) is 55.8 Å². The van der Waals surface area contributed by atoms with Crippen molar-refractivity contribution in [3.8, 4) is 0 Å². The number of unbranched alkanes of at least 4 members (excludes halogenated alkanes) is 18. The highest BCUT2D eigenvalue weighted by molar-refractivity contribution is 5.69. The molecule has 0 radical (unpaired) electrons. The molecule has 0 aromatic rings. The lowest BCUT2D eigenvalue weighted by molar-refractivity contribution is -0.145. The fourth-order valence-corrected chi connectivity index (χ4v) is 8.41. The molecule has 0 N–H and O–H groups in total. The summed E-state index contributed by atoms with van der Waals surface area (Å²) in [5.41, 5.74) is 0. The van der Waals surface area contributed by atoms with E-state index in [1.807, 2.05) is 0 Å². The van der Waals surface area contributed by atoms with Crippen molar-refractivity contribution in [2.45, 2.75) is 260 Å². The molecule has 0 aliphatic rings. The van der Waals surface area contributed by atoms with Gasteiger partial charge in [-0.1, -0.05) is 208 Å². The van der Waals surface area contributed by atoms with E-state index < -0.39 is 0 Å². The molecule has 0 aliphatic heterocycles. The lowest BCUT2D eigenvalue weighted by Gasteiger charge is -2.25. The molecule has 0 rings (SSSR count). The Balaban J connectivity index is 4.10. The monoisotopic (exact) mass is 778 g/mol. The van der Waals surface area contributed by atoms with Crippen LogP contribution in [0.4, 0.5) is 0 Å². The van der Waals surface area contributed by atoms with E-state index in [-0.39, 0.29) is 11.9 Å². The van der Waals surface area contributed by atoms with Gasteiger partial charge in [0.15, 0.2) is 0 Å². The third-order valence-corrected chi connectivity index (χ3v) is 12.3. The normalized spacial score (nSPS) is 11.8. The molecule has 0 bridgehead atoms. The van der Waals surface area contributed by atoms with Crippen molar-refractivity contribution in [2.75, 3.05) is 32.8 Å². The summed E-state index contributed by atoms with van der Waals surface area (Å²) in [5.74, 6) is 2.30. The van der Waals surface area contributed by atoms with Crippen molar-refractivity contribution in [1.82, 2.24) is 4.90 Å². The molecule has 0 saturated heterocycles. The van der Waals surface area contributed by atoms with Crippen LogP contribution in [0.15, 0.2) is 0 Å². The van der Waals surface area contributed by atoms with Gasteiger partial charge < -0.3 is 14.4 Å². The number of rotatable bonds is 44. The van der Waals surface area contributed by atoms with Crippen LogP contribution in [0.5, 0.6) is 0 Å². The van der Waals surface area contributed by atoms with E-state index in [9.17, 15) is 9.59 Å². The van der Waals surface area contributed by atoms with Gasteiger partial charge in [0.1, 0.15) is 0 Å². The van der Waals surface area contributed by atoms with Crippen LogP contribution in [-0.4, -0.2) is 49.7 Å². The summed E-state index contributed by atoms with van der Waals surface area (Å²) in [6.45, 7) is 18.5. The summed E-state index contributed by atoms with van der Waals surface area (Å²) in [6.07, 6.45) is 41.4. The third kappa shape index (κ3) is 37.0. The molecule has 0 atom stereocenters. The van der Waals surface area contributed by atoms with Gasteiger partial charge in [0, 0.05) is 19.4 Å². The van der Waals surface area contributed by atoms with Crippen LogP contribution in [0.2, 0.25) is 0 Å². The largest absolute Gasteiger partial charge is 0.466 e. The van der Waals surface area contributed by atoms with Crippen LogP contribution < -0.4 is 0 Å². The molecule has 0 aliphatic carbocycles. The molecule has 0 heterocycles. The minimum absolute atomic E-state index is 0.0184. The SMILES string of the molecule is CCCCCC(CCCCC)CCOC(=O)CCCCCCCCC(CCCCCCCCC(=O)OCCC(CCCCC)CCCCC)CN(CC)CC. The minimum atomic E-state index is 0.0184. The van der Waals surface area contributed by atoms with Crippen molar-refractivity contribution in [3.63, 3.8) is 0 Å². The number of nitrogens with zero attached hydrogens (tertiary/aromatic N) is 1. The highest BCUT2D eigenvalue weighted by Crippen LogP contribution is 2.24. The summed E-state index contributed by atoms with van der Waals surface area (Å²) < 4.78 is 11.3. The number of carbonyl (C=O) groups excluding carboxylic acids is 2. The van der Waals surface area contributed by atoms with Crippen molar-refractivity contribution in [1.29, 1.82) is 0 Å². The molecule has 55 heavy (non-hydrogen) atoms. The van der Waals surface area contributed by atoms with Crippen LogP contribution in [-0.2, 0) is 19.1 Å². The maximum Gasteiger partial charge on any atom is 0.305 e. The Morgan fingerprint density at radius 3 is 0.982 bits per heavy atom. The van der Waals surface area contributed by atoms with Crippen molar-refractivity contribution in [3.05, 3.63) is 0 Å². The molecule has 0 fully saturated rings. The first-order valence-corrected chi connectivity index (χ1v) is 25.0. The molecule has 328 valence electrons. The summed E-state index contributed by atoms with van der Waals surface area (Å²) >= 11 is 0. The van der Waals surface area contributed by atoms with Gasteiger partial charge in [-0.25, -0.2) is 0 Å². The number of hydrogen-bond acceptors (Lipinski definition) is 5. The molecule has 0 amide bonds. The molecular weight excluding hydrogens is 679 g/mol. The van der Waals surface area contributed by atoms with Crippen LogP contribution in [0.1, 0.15) is 260 Å². The number of hydrogen-bond donors (Lipinski definition) is 0. The first kappa shape index (κ1) is 53.9. The number of esters is 2. The summed E-state index contributed by atoms with van der Waals surface area (Å²) in [6, 6.07) is 0. The van der Waals surface area contributed by atoms with Crippen LogP contribution in [0.3, 0.4) is 0 Å². The zero-order valence-corrected chi connectivity index (χ0v) is 38.4. The zero-order chi connectivity index (χ0) is 40.5. The quantitative estimate of drug-likeness (QED) is 0.0455. The second-order valence-corrected chi connectivity index (χ2v) is 17.4. The molecule has 5 heteroatoms. The molecule has 0 unspecified atom stereocenters. The highest BCUT2D eigenvalue weighted by Gasteiger charge is 2.14. The molecule has 0 aromatic heterocycles. The van der Waals surface area contributed by atoms with Gasteiger partial charge in [-0.3, -0.25) is 9.59 Å². The number of carbonyl (C=O) groups is 2. The molecule has 5 nitrogen and oxygen atoms in total. The fraction of sp³-hybridized carbons (Fsp3) is 0.960. The van der Waals surface area contributed by atoms with Gasteiger partial charge in [-0.15, -0.1) is 0 Å². The highest BCUT2D eigenvalue weighted by atomic mass is 16.5. The Kier molecular flexibility index (Phi) is 41.7. The van der Waals surface area contributed by atoms with E-state index in [2.05, 4.69) is 46.4 Å². The van der Waals surface area contributed by atoms with Crippen molar-refractivity contribution in [2.24, 2.45) is 17.8 Å². The molecular formula is C50H99NO4. The fourth-order valence-electron chi connectivity index (χ4n) is 8.41. The molecule has 0 aromatic carbocycles. The first-order chi connectivity index (χ1) is 26.9. The van der Waals surface area contributed by atoms with E-state index in [1.54, 1.807) is 0 Å². The Bertz CT molecular complexity index is 721. The molecule has 0 saturated carbocycles. The lowest BCUT2D eigenvalue weighted by atomic mass is 9.92. The minimum Gasteiger partial charge on any atom is -0.466 e. The average Bonchev–Trinajstić information content (AvgIpc) is 3.18. The predicted molar refractivity (Wildman–Crippen MR) is 240 cm³/mol. The van der Waals surface area contributed by atoms with Gasteiger partial charge in [0.05, 0.1) is 13.2 Å². The second kappa shape index (κ2) is 42.5. The Morgan fingerprint density at radius 2 is 0.655 bits per heavy atom. The van der Waals surface area contributed by atoms with Gasteiger partial charge >= 0.3 is 11.9 Å². The third-order valence-electron chi connectivity index (χ3n) is 12.3. The first-order valence-electron chi connectivity index (χ1n) is 25.0. The van der Waals surface area contributed by atoms with Crippen LogP contribution in [0, 0.1) is 17.8 Å². The van der Waals surface area contributed by atoms with E-state index in [0.29, 0.717) is 26.1 Å². The van der Waals surface area contributed by atoms with Gasteiger partial charge in [0.2, 0.25) is 0 Å². The second-order valence-electron chi connectivity index (χ2n) is 17.4. The number of ether oxygens (including phenoxy) is 2. The summed E-state index contributed by atoms with van der Waals surface area (Å²) in [7, 11) is 0. The van der Waals surface area contributed by atoms with Crippen molar-refractivity contribution >= 4 is 11.9 Å². The van der Waals surface area contributed by atoms with E-state index in [0.717, 1.165) is 69.4 Å². The Hall–Kier alpha value is -1.10. The Morgan fingerprint density at radius 1 is 0.364 bits per heavy atom. The van der Waals surface area contributed by atoms with Crippen LogP contribution in [0.25, 0.3) is 0 Å². The Labute approximate surface area is 345 Å². The summed E-state index contributed by atoms with van der Waals surface area (Å²) in [5, 5.41) is 0. The van der Waals surface area contributed by atoms with E-state index in [4.69, 9.17) is 9.47 Å². The maximum absolute atomic E-state index is 12.4. The maximum atomic E-state index is 12.4. The van der Waals surface area contributed by atoms with Crippen LogP contribution >= 0.6 is 0 Å². The molecule has 0 spiro atoms. The predicted octanol–water partition coefficient (Wildman–Crippen LogP) is 15.6. The van der Waals surface area contributed by atoms with E-state index in [1.165, 1.54) is 173 Å². The standard InChI is InChI=1S/C50H99NO4/c1-7-13-25-33-46(34-26-14-8-2)41-43-54-49(52)39-31-23-19-17-21-29-37-48(45-51(11-5)12-6)38-30-22-18-20-24-32-40-50(53)55-44-42-47(35-27-15-9-3)36-28-16-10-4/h46-48H,7-45H2,1-6H3. The zero-order valence-electron chi connectivity index (χ0n) is 38.4. The lowest BCUT2D eigenvalue weighted by Crippen LogP contribution is -2.29. The van der Waals surface area contributed by atoms with Crippen molar-refractivity contribution < 1.29 is 19.1 Å². The van der Waals surface area contributed by atoms with E-state index >= 15 is 0 Å². The average molecular weight is 778 g/mol. The summed E-state index contributed by atoms with van der Waals surface area (Å²) in [4.78, 5) is 27.3. The van der Waals surface area contributed by atoms with Gasteiger partial charge in [-0.2, -0.15) is 0 Å². The smallest absolute Gasteiger partial charge is 0.305 e. The van der Waals surface area contributed by atoms with Gasteiger partial charge in [0.25, 0.3) is 0 Å². The van der Waals surface area contributed by atoms with Gasteiger partial charge in [-0.05, 0) is 69.4 Å².